The summed E-state index contributed by atoms with van der Waals surface area (Å²) in [5, 5.41) is 14.4. The molecular weight excluding hydrogens is 336 g/mol. The molecule has 23 heavy (non-hydrogen) atoms. The normalized spacial score (nSPS) is 10.7. The molecule has 2 rings (SSSR count). The number of nitrogens with zero attached hydrogens (tertiary/aromatic N) is 1. The van der Waals surface area contributed by atoms with Gasteiger partial charge in [0.1, 0.15) is 0 Å². The van der Waals surface area contributed by atoms with Crippen LogP contribution < -0.4 is 10.2 Å². The second kappa shape index (κ2) is 8.45. The van der Waals surface area contributed by atoms with Crippen LogP contribution in [0, 0.1) is 0 Å². The Bertz CT molecular complexity index is 705. The van der Waals surface area contributed by atoms with E-state index in [1.54, 1.807) is 30.3 Å². The molecule has 0 aliphatic carbocycles. The highest BCUT2D eigenvalue weighted by molar-refractivity contribution is 8.00. The van der Waals surface area contributed by atoms with Gasteiger partial charge in [-0.25, -0.2) is 5.43 Å². The summed E-state index contributed by atoms with van der Waals surface area (Å²) in [6, 6.07) is 12.2. The highest BCUT2D eigenvalue weighted by Gasteiger charge is 2.05. The number of benzene rings is 2. The van der Waals surface area contributed by atoms with Crippen LogP contribution in [0.4, 0.5) is 0 Å². The molecule has 0 spiro atoms. The number of hydrazone groups is 1. The van der Waals surface area contributed by atoms with Gasteiger partial charge >= 0.3 is 0 Å². The number of para-hydroxylation sites is 1. The Balaban J connectivity index is 1.85. The molecule has 0 saturated heterocycles. The number of rotatable bonds is 6. The molecule has 0 saturated carbocycles. The molecule has 0 aliphatic heterocycles. The van der Waals surface area contributed by atoms with Crippen molar-refractivity contribution < 1.29 is 14.6 Å². The van der Waals surface area contributed by atoms with Gasteiger partial charge < -0.3 is 9.84 Å². The number of hydrogen-bond acceptors (Lipinski definition) is 5. The maximum absolute atomic E-state index is 11.7. The van der Waals surface area contributed by atoms with E-state index in [-0.39, 0.29) is 17.4 Å². The van der Waals surface area contributed by atoms with E-state index in [0.29, 0.717) is 16.3 Å². The van der Waals surface area contributed by atoms with Crippen LogP contribution in [0.1, 0.15) is 5.56 Å². The molecule has 1 amide bonds. The van der Waals surface area contributed by atoms with Crippen LogP contribution in [0.25, 0.3) is 0 Å². The number of methoxy groups -OCH3 is 1. The number of thioether (sulfide) groups is 1. The second-order valence-corrected chi connectivity index (χ2v) is 5.92. The summed E-state index contributed by atoms with van der Waals surface area (Å²) >= 11 is 7.18. The number of amides is 1. The molecule has 0 atom stereocenters. The van der Waals surface area contributed by atoms with Gasteiger partial charge in [-0.1, -0.05) is 17.7 Å². The Morgan fingerprint density at radius 3 is 2.78 bits per heavy atom. The minimum Gasteiger partial charge on any atom is -0.504 e. The summed E-state index contributed by atoms with van der Waals surface area (Å²) < 4.78 is 5.00. The number of nitrogens with one attached hydrogen (secondary N) is 1. The fraction of sp³-hybridized carbons (Fsp3) is 0.125. The average molecular weight is 351 g/mol. The van der Waals surface area contributed by atoms with E-state index >= 15 is 0 Å². The van der Waals surface area contributed by atoms with Gasteiger partial charge in [0.2, 0.25) is 5.91 Å². The average Bonchev–Trinajstić information content (AvgIpc) is 2.56. The lowest BCUT2D eigenvalue weighted by atomic mass is 10.2. The fourth-order valence-corrected chi connectivity index (χ4v) is 2.51. The summed E-state index contributed by atoms with van der Waals surface area (Å²) in [6.45, 7) is 0. The Kier molecular flexibility index (Phi) is 6.31. The molecule has 0 aliphatic rings. The van der Waals surface area contributed by atoms with Crippen molar-refractivity contribution in [2.24, 2.45) is 5.10 Å². The van der Waals surface area contributed by atoms with Crippen LogP contribution in [0.15, 0.2) is 52.5 Å². The van der Waals surface area contributed by atoms with Crippen molar-refractivity contribution in [3.8, 4) is 11.5 Å². The Hall–Kier alpha value is -2.18. The number of phenolic OH excluding ortho intramolecular Hbond substituents is 1. The molecule has 0 bridgehead atoms. The second-order valence-electron chi connectivity index (χ2n) is 4.43. The van der Waals surface area contributed by atoms with Gasteiger partial charge in [-0.05, 0) is 36.4 Å². The summed E-state index contributed by atoms with van der Waals surface area (Å²) in [5.74, 6) is 0.300. The molecule has 2 N–H and O–H groups in total. The van der Waals surface area contributed by atoms with Gasteiger partial charge in [0, 0.05) is 15.5 Å². The minimum atomic E-state index is -0.247. The van der Waals surface area contributed by atoms with E-state index in [1.165, 1.54) is 25.1 Å². The number of aromatic hydroxyl groups is 1. The number of ether oxygens (including phenoxy) is 1. The quantitative estimate of drug-likeness (QED) is 0.476. The lowest BCUT2D eigenvalue weighted by Gasteiger charge is -2.05. The number of hydrogen-bond donors (Lipinski definition) is 2. The van der Waals surface area contributed by atoms with Gasteiger partial charge in [-0.2, -0.15) is 5.10 Å². The van der Waals surface area contributed by atoms with E-state index in [1.807, 2.05) is 12.1 Å². The Morgan fingerprint density at radius 2 is 2.09 bits per heavy atom. The number of halogens is 1. The summed E-state index contributed by atoms with van der Waals surface area (Å²) in [5.41, 5.74) is 2.86. The van der Waals surface area contributed by atoms with E-state index < -0.39 is 0 Å². The van der Waals surface area contributed by atoms with Crippen molar-refractivity contribution in [3.63, 3.8) is 0 Å². The molecule has 2 aromatic carbocycles. The van der Waals surface area contributed by atoms with Crippen LogP contribution in [-0.2, 0) is 4.79 Å². The van der Waals surface area contributed by atoms with E-state index in [4.69, 9.17) is 16.3 Å². The predicted molar refractivity (Wildman–Crippen MR) is 92.6 cm³/mol. The molecule has 7 heteroatoms. The monoisotopic (exact) mass is 350 g/mol. The zero-order chi connectivity index (χ0) is 16.7. The Labute approximate surface area is 143 Å². The molecule has 0 unspecified atom stereocenters. The SMILES string of the molecule is COc1cccc(/C=N\NC(=O)CSc2ccc(Cl)cc2)c1O. The van der Waals surface area contributed by atoms with E-state index in [0.717, 1.165) is 4.90 Å². The summed E-state index contributed by atoms with van der Waals surface area (Å²) in [4.78, 5) is 12.7. The van der Waals surface area contributed by atoms with Gasteiger partial charge in [-0.3, -0.25) is 4.79 Å². The maximum Gasteiger partial charge on any atom is 0.250 e. The van der Waals surface area contributed by atoms with Crippen molar-refractivity contribution in [1.29, 1.82) is 0 Å². The van der Waals surface area contributed by atoms with Crippen molar-refractivity contribution >= 4 is 35.5 Å². The van der Waals surface area contributed by atoms with Crippen molar-refractivity contribution in [2.45, 2.75) is 4.90 Å². The molecule has 2 aromatic rings. The summed E-state index contributed by atoms with van der Waals surface area (Å²) in [7, 11) is 1.46. The first kappa shape index (κ1) is 17.2. The first-order chi connectivity index (χ1) is 11.1. The number of phenols is 1. The molecule has 120 valence electrons. The first-order valence-corrected chi connectivity index (χ1v) is 8.02. The van der Waals surface area contributed by atoms with Crippen molar-refractivity contribution in [1.82, 2.24) is 5.43 Å². The highest BCUT2D eigenvalue weighted by Crippen LogP contribution is 2.27. The third kappa shape index (κ3) is 5.19. The van der Waals surface area contributed by atoms with Gasteiger partial charge in [0.25, 0.3) is 0 Å². The fourth-order valence-electron chi connectivity index (χ4n) is 1.69. The third-order valence-electron chi connectivity index (χ3n) is 2.83. The van der Waals surface area contributed by atoms with E-state index in [9.17, 15) is 9.90 Å². The largest absolute Gasteiger partial charge is 0.504 e. The number of carbonyl (C=O) groups excluding carboxylic acids is 1. The standard InChI is InChI=1S/C16H15ClN2O3S/c1-22-14-4-2-3-11(16(14)21)9-18-19-15(20)10-23-13-7-5-12(17)6-8-13/h2-9,21H,10H2,1H3,(H,19,20)/b18-9-. The van der Waals surface area contributed by atoms with Crippen LogP contribution in [0.3, 0.4) is 0 Å². The highest BCUT2D eigenvalue weighted by atomic mass is 35.5. The molecule has 0 aromatic heterocycles. The Morgan fingerprint density at radius 1 is 1.35 bits per heavy atom. The maximum atomic E-state index is 11.7. The topological polar surface area (TPSA) is 70.9 Å². The lowest BCUT2D eigenvalue weighted by molar-refractivity contribution is -0.118. The smallest absolute Gasteiger partial charge is 0.250 e. The van der Waals surface area contributed by atoms with Gasteiger partial charge in [0.05, 0.1) is 19.1 Å². The summed E-state index contributed by atoms with van der Waals surface area (Å²) in [6.07, 6.45) is 1.36. The number of carbonyl (C=O) groups is 1. The molecule has 0 fully saturated rings. The molecule has 5 nitrogen and oxygen atoms in total. The van der Waals surface area contributed by atoms with Gasteiger partial charge in [0.15, 0.2) is 11.5 Å². The first-order valence-electron chi connectivity index (χ1n) is 6.66. The van der Waals surface area contributed by atoms with Crippen LogP contribution >= 0.6 is 23.4 Å². The lowest BCUT2D eigenvalue weighted by Crippen LogP contribution is -2.19. The van der Waals surface area contributed by atoms with Gasteiger partial charge in [-0.15, -0.1) is 11.8 Å². The zero-order valence-corrected chi connectivity index (χ0v) is 13.9. The molecule has 0 heterocycles. The van der Waals surface area contributed by atoms with Crippen molar-refractivity contribution in [3.05, 3.63) is 53.1 Å². The van der Waals surface area contributed by atoms with Crippen molar-refractivity contribution in [2.75, 3.05) is 12.9 Å². The zero-order valence-electron chi connectivity index (χ0n) is 12.3. The van der Waals surface area contributed by atoms with E-state index in [2.05, 4.69) is 10.5 Å². The molecular formula is C16H15ClN2O3S. The van der Waals surface area contributed by atoms with Crippen LogP contribution in [0.2, 0.25) is 5.02 Å². The van der Waals surface area contributed by atoms with Crippen LogP contribution in [0.5, 0.6) is 11.5 Å². The molecule has 0 radical (unpaired) electrons. The minimum absolute atomic E-state index is 0.0245. The predicted octanol–water partition coefficient (Wildman–Crippen LogP) is 3.30. The third-order valence-corrected chi connectivity index (χ3v) is 4.09. The van der Waals surface area contributed by atoms with Crippen LogP contribution in [-0.4, -0.2) is 30.1 Å².